The Bertz CT molecular complexity index is 455. The van der Waals surface area contributed by atoms with Crippen molar-refractivity contribution in [3.63, 3.8) is 0 Å². The first-order chi connectivity index (χ1) is 14.1. The normalized spacial score (nSPS) is 14.2. The number of alkyl halides is 4. The maximum atomic E-state index is 13.4. The summed E-state index contributed by atoms with van der Waals surface area (Å²) in [6.45, 7) is 2.00. The number of hydrogen-bond acceptors (Lipinski definition) is 9. The summed E-state index contributed by atoms with van der Waals surface area (Å²) in [6.07, 6.45) is -8.55. The van der Waals surface area contributed by atoms with E-state index in [0.29, 0.717) is 0 Å². The molecule has 0 rings (SSSR count). The van der Waals surface area contributed by atoms with Crippen LogP contribution in [0.25, 0.3) is 0 Å². The second kappa shape index (κ2) is 16.2. The predicted octanol–water partition coefficient (Wildman–Crippen LogP) is 1.25. The van der Waals surface area contributed by atoms with E-state index in [-0.39, 0.29) is 33.0 Å². The SMILES string of the molecule is C=COCC(O)COCCOCOCC(F)(F)OC(F)(F)COCC(O)COC=C. The third kappa shape index (κ3) is 17.4. The lowest BCUT2D eigenvalue weighted by atomic mass is 10.4. The summed E-state index contributed by atoms with van der Waals surface area (Å²) in [6, 6.07) is 0. The number of halogens is 4. The zero-order chi connectivity index (χ0) is 22.9. The lowest BCUT2D eigenvalue weighted by Crippen LogP contribution is -2.40. The van der Waals surface area contributed by atoms with Gasteiger partial charge in [-0.1, -0.05) is 13.2 Å². The molecule has 0 fully saturated rings. The van der Waals surface area contributed by atoms with Crippen molar-refractivity contribution in [2.75, 3.05) is 59.6 Å². The summed E-state index contributed by atoms with van der Waals surface area (Å²) < 4.78 is 85.1. The van der Waals surface area contributed by atoms with Gasteiger partial charge in [-0.15, -0.1) is 0 Å². The van der Waals surface area contributed by atoms with Crippen LogP contribution in [0.3, 0.4) is 0 Å². The lowest BCUT2D eigenvalue weighted by molar-refractivity contribution is -0.396. The minimum absolute atomic E-state index is 0.00251. The van der Waals surface area contributed by atoms with Gasteiger partial charge in [0.1, 0.15) is 45.4 Å². The largest absolute Gasteiger partial charge is 0.499 e. The van der Waals surface area contributed by atoms with Crippen LogP contribution in [0.1, 0.15) is 0 Å². The van der Waals surface area contributed by atoms with Crippen molar-refractivity contribution in [3.05, 3.63) is 25.7 Å². The van der Waals surface area contributed by atoms with E-state index in [4.69, 9.17) is 14.2 Å². The molecule has 0 saturated carbocycles. The minimum atomic E-state index is -4.32. The summed E-state index contributed by atoms with van der Waals surface area (Å²) in [5.41, 5.74) is 0. The van der Waals surface area contributed by atoms with E-state index in [1.54, 1.807) is 0 Å². The number of aliphatic hydroxyl groups is 2. The van der Waals surface area contributed by atoms with Crippen molar-refractivity contribution < 1.29 is 60.9 Å². The Hall–Kier alpha value is -1.48. The maximum Gasteiger partial charge on any atom is 0.383 e. The number of hydrogen-bond donors (Lipinski definition) is 2. The topological polar surface area (TPSA) is 105 Å². The first-order valence-corrected chi connectivity index (χ1v) is 8.70. The van der Waals surface area contributed by atoms with Crippen molar-refractivity contribution in [1.82, 2.24) is 0 Å². The highest BCUT2D eigenvalue weighted by Gasteiger charge is 2.44. The quantitative estimate of drug-likeness (QED) is 0.115. The Morgan fingerprint density at radius 1 is 0.700 bits per heavy atom. The fraction of sp³-hybridized carbons (Fsp3) is 0.765. The van der Waals surface area contributed by atoms with Gasteiger partial charge in [-0.3, -0.25) is 4.74 Å². The minimum Gasteiger partial charge on any atom is -0.499 e. The van der Waals surface area contributed by atoms with E-state index < -0.39 is 51.0 Å². The second-order valence-corrected chi connectivity index (χ2v) is 5.65. The van der Waals surface area contributed by atoms with E-state index in [1.807, 2.05) is 0 Å². The van der Waals surface area contributed by atoms with E-state index >= 15 is 0 Å². The highest BCUT2D eigenvalue weighted by Crippen LogP contribution is 2.27. The molecule has 0 amide bonds. The Morgan fingerprint density at radius 3 is 1.70 bits per heavy atom. The lowest BCUT2D eigenvalue weighted by Gasteiger charge is -2.23. The summed E-state index contributed by atoms with van der Waals surface area (Å²) in [4.78, 5) is 0. The fourth-order valence-corrected chi connectivity index (χ4v) is 1.66. The van der Waals surface area contributed by atoms with E-state index in [9.17, 15) is 27.8 Å². The van der Waals surface area contributed by atoms with Crippen molar-refractivity contribution in [2.45, 2.75) is 24.4 Å². The second-order valence-electron chi connectivity index (χ2n) is 5.65. The molecule has 0 aromatic rings. The molecule has 0 spiro atoms. The first kappa shape index (κ1) is 28.5. The molecule has 178 valence electrons. The van der Waals surface area contributed by atoms with Gasteiger partial charge >= 0.3 is 12.2 Å². The number of rotatable bonds is 21. The average Bonchev–Trinajstić information content (AvgIpc) is 2.65. The highest BCUT2D eigenvalue weighted by molar-refractivity contribution is 4.61. The van der Waals surface area contributed by atoms with Gasteiger partial charge in [0.2, 0.25) is 0 Å². The molecule has 0 heterocycles. The highest BCUT2D eigenvalue weighted by atomic mass is 19.3. The third-order valence-corrected chi connectivity index (χ3v) is 2.81. The van der Waals surface area contributed by atoms with Crippen molar-refractivity contribution >= 4 is 0 Å². The van der Waals surface area contributed by atoms with Crippen LogP contribution in [-0.2, 0) is 33.2 Å². The van der Waals surface area contributed by atoms with Crippen LogP contribution in [-0.4, -0.2) is 94.3 Å². The molecule has 2 unspecified atom stereocenters. The standard InChI is InChI=1S/C17H28F4O9/c1-3-24-7-14(22)9-26-5-6-27-13-29-12-17(20,21)30-16(18,19)11-28-10-15(23)8-25-4-2/h3-4,14-15,22-23H,1-2,5-13H2. The molecule has 0 aliphatic heterocycles. The zero-order valence-corrected chi connectivity index (χ0v) is 16.4. The summed E-state index contributed by atoms with van der Waals surface area (Å²) in [5.74, 6) is 0. The molecule has 0 radical (unpaired) electrons. The van der Waals surface area contributed by atoms with Gasteiger partial charge in [-0.2, -0.15) is 17.6 Å². The number of ether oxygens (including phenoxy) is 7. The Morgan fingerprint density at radius 2 is 1.17 bits per heavy atom. The molecule has 0 aromatic heterocycles. The van der Waals surface area contributed by atoms with Crippen LogP contribution >= 0.6 is 0 Å². The summed E-state index contributed by atoms with van der Waals surface area (Å²) in [5, 5.41) is 18.7. The molecular weight excluding hydrogens is 424 g/mol. The van der Waals surface area contributed by atoms with Crippen LogP contribution in [0, 0.1) is 0 Å². The molecule has 2 N–H and O–H groups in total. The maximum absolute atomic E-state index is 13.4. The monoisotopic (exact) mass is 452 g/mol. The van der Waals surface area contributed by atoms with Crippen molar-refractivity contribution in [3.8, 4) is 0 Å². The van der Waals surface area contributed by atoms with Crippen molar-refractivity contribution in [1.29, 1.82) is 0 Å². The van der Waals surface area contributed by atoms with Gasteiger partial charge < -0.3 is 38.6 Å². The molecule has 2 atom stereocenters. The Balaban J connectivity index is 3.84. The molecule has 0 bridgehead atoms. The van der Waals surface area contributed by atoms with Gasteiger partial charge in [0.15, 0.2) is 0 Å². The van der Waals surface area contributed by atoms with E-state index in [0.717, 1.165) is 12.5 Å². The average molecular weight is 452 g/mol. The van der Waals surface area contributed by atoms with E-state index in [2.05, 4.69) is 32.1 Å². The fourth-order valence-electron chi connectivity index (χ4n) is 1.66. The predicted molar refractivity (Wildman–Crippen MR) is 93.7 cm³/mol. The molecule has 0 saturated heterocycles. The number of aliphatic hydroxyl groups excluding tert-OH is 2. The van der Waals surface area contributed by atoms with Crippen LogP contribution in [0.4, 0.5) is 17.6 Å². The van der Waals surface area contributed by atoms with Gasteiger partial charge in [0.05, 0.1) is 39.0 Å². The van der Waals surface area contributed by atoms with E-state index in [1.165, 1.54) is 0 Å². The molecule has 9 nitrogen and oxygen atoms in total. The molecule has 0 aliphatic rings. The van der Waals surface area contributed by atoms with Crippen LogP contribution < -0.4 is 0 Å². The van der Waals surface area contributed by atoms with Gasteiger partial charge in [0.25, 0.3) is 0 Å². The van der Waals surface area contributed by atoms with Gasteiger partial charge in [-0.05, 0) is 0 Å². The van der Waals surface area contributed by atoms with Gasteiger partial charge in [-0.25, -0.2) is 0 Å². The molecule has 13 heteroatoms. The Labute approximate surface area is 171 Å². The van der Waals surface area contributed by atoms with Crippen molar-refractivity contribution in [2.24, 2.45) is 0 Å². The molecule has 0 aromatic carbocycles. The molecular formula is C17H28F4O9. The van der Waals surface area contributed by atoms with Crippen LogP contribution in [0.15, 0.2) is 25.7 Å². The first-order valence-electron chi connectivity index (χ1n) is 8.70. The van der Waals surface area contributed by atoms with Gasteiger partial charge in [0, 0.05) is 0 Å². The summed E-state index contributed by atoms with van der Waals surface area (Å²) >= 11 is 0. The smallest absolute Gasteiger partial charge is 0.383 e. The van der Waals surface area contributed by atoms with Crippen LogP contribution in [0.5, 0.6) is 0 Å². The Kier molecular flexibility index (Phi) is 15.4. The molecule has 30 heavy (non-hydrogen) atoms. The third-order valence-electron chi connectivity index (χ3n) is 2.81. The summed E-state index contributed by atoms with van der Waals surface area (Å²) in [7, 11) is 0. The molecule has 0 aliphatic carbocycles. The van der Waals surface area contributed by atoms with Crippen LogP contribution in [0.2, 0.25) is 0 Å². The zero-order valence-electron chi connectivity index (χ0n) is 16.4.